The van der Waals surface area contributed by atoms with Gasteiger partial charge in [0.2, 0.25) is 0 Å². The van der Waals surface area contributed by atoms with Crippen molar-refractivity contribution in [3.8, 4) is 28.0 Å². The van der Waals surface area contributed by atoms with E-state index in [0.29, 0.717) is 0 Å². The van der Waals surface area contributed by atoms with Crippen LogP contribution in [0.3, 0.4) is 0 Å². The maximum absolute atomic E-state index is 6.11. The zero-order chi connectivity index (χ0) is 16.5. The third kappa shape index (κ3) is 2.63. The van der Waals surface area contributed by atoms with Crippen molar-refractivity contribution in [3.05, 3.63) is 72.1 Å². The molecular formula is C20H15ClN2O. The lowest BCUT2D eigenvalue weighted by Gasteiger charge is -2.06. The van der Waals surface area contributed by atoms with Gasteiger partial charge >= 0.3 is 0 Å². The van der Waals surface area contributed by atoms with Gasteiger partial charge in [0.1, 0.15) is 5.75 Å². The molecule has 0 saturated heterocycles. The number of halogens is 1. The number of aromatic amines is 1. The minimum Gasteiger partial charge on any atom is -0.497 e. The first-order valence-corrected chi connectivity index (χ1v) is 7.99. The summed E-state index contributed by atoms with van der Waals surface area (Å²) in [5.74, 6) is 0.835. The Labute approximate surface area is 144 Å². The molecule has 0 radical (unpaired) electrons. The van der Waals surface area contributed by atoms with Gasteiger partial charge in [-0.25, -0.2) is 0 Å². The smallest absolute Gasteiger partial charge is 0.119 e. The number of H-pyrrole nitrogens is 1. The van der Waals surface area contributed by atoms with Crippen molar-refractivity contribution in [2.24, 2.45) is 0 Å². The van der Waals surface area contributed by atoms with Gasteiger partial charge in [-0.05, 0) is 42.0 Å². The molecule has 0 unspecified atom stereocenters. The third-order valence-electron chi connectivity index (χ3n) is 4.10. The Kier molecular flexibility index (Phi) is 3.71. The van der Waals surface area contributed by atoms with E-state index in [1.54, 1.807) is 7.11 Å². The molecule has 4 aromatic rings. The Bertz CT molecular complexity index is 1020. The fourth-order valence-corrected chi connectivity index (χ4v) is 3.07. The summed E-state index contributed by atoms with van der Waals surface area (Å²) in [6.07, 6.45) is 5.73. The first kappa shape index (κ1) is 14.8. The normalized spacial score (nSPS) is 10.9. The van der Waals surface area contributed by atoms with E-state index < -0.39 is 0 Å². The van der Waals surface area contributed by atoms with E-state index >= 15 is 0 Å². The Morgan fingerprint density at radius 1 is 0.958 bits per heavy atom. The molecule has 0 fully saturated rings. The minimum atomic E-state index is 0.717. The van der Waals surface area contributed by atoms with E-state index in [2.05, 4.69) is 16.0 Å². The van der Waals surface area contributed by atoms with Crippen molar-refractivity contribution < 1.29 is 4.74 Å². The summed E-state index contributed by atoms with van der Waals surface area (Å²) >= 11 is 6.11. The number of ether oxygens (including phenoxy) is 1. The van der Waals surface area contributed by atoms with Crippen LogP contribution < -0.4 is 4.74 Å². The number of fused-ring (bicyclic) bond motifs is 1. The molecule has 4 heteroatoms. The fraction of sp³-hybridized carbons (Fsp3) is 0.0500. The van der Waals surface area contributed by atoms with Gasteiger partial charge in [-0.15, -0.1) is 0 Å². The van der Waals surface area contributed by atoms with E-state index in [0.717, 1.165) is 43.9 Å². The highest BCUT2D eigenvalue weighted by atomic mass is 35.5. The SMILES string of the molecule is COc1ccc2[nH]cc(-c3cncc(-c4cccc(Cl)c4)c3)c2c1. The van der Waals surface area contributed by atoms with Crippen LogP contribution in [0.2, 0.25) is 5.02 Å². The molecule has 2 aromatic carbocycles. The second-order valence-corrected chi connectivity index (χ2v) is 6.02. The molecule has 0 aliphatic heterocycles. The fourth-order valence-electron chi connectivity index (χ4n) is 2.88. The van der Waals surface area contributed by atoms with Crippen molar-refractivity contribution in [1.29, 1.82) is 0 Å². The predicted octanol–water partition coefficient (Wildman–Crippen LogP) is 5.56. The zero-order valence-electron chi connectivity index (χ0n) is 13.1. The van der Waals surface area contributed by atoms with Gasteiger partial charge in [-0.1, -0.05) is 23.7 Å². The van der Waals surface area contributed by atoms with Gasteiger partial charge in [0.05, 0.1) is 7.11 Å². The lowest BCUT2D eigenvalue weighted by Crippen LogP contribution is -1.84. The number of methoxy groups -OCH3 is 1. The quantitative estimate of drug-likeness (QED) is 0.532. The van der Waals surface area contributed by atoms with Crippen LogP contribution in [0.15, 0.2) is 67.1 Å². The highest BCUT2D eigenvalue weighted by molar-refractivity contribution is 6.30. The topological polar surface area (TPSA) is 37.9 Å². The lowest BCUT2D eigenvalue weighted by atomic mass is 10.0. The van der Waals surface area contributed by atoms with Gasteiger partial charge < -0.3 is 9.72 Å². The van der Waals surface area contributed by atoms with Gasteiger partial charge in [-0.3, -0.25) is 4.98 Å². The van der Waals surface area contributed by atoms with Crippen LogP contribution in [0.4, 0.5) is 0 Å². The summed E-state index contributed by atoms with van der Waals surface area (Å²) in [5, 5.41) is 1.83. The Morgan fingerprint density at radius 3 is 2.67 bits per heavy atom. The summed E-state index contributed by atoms with van der Waals surface area (Å²) in [4.78, 5) is 7.71. The molecule has 2 aromatic heterocycles. The molecular weight excluding hydrogens is 320 g/mol. The molecule has 0 aliphatic carbocycles. The van der Waals surface area contributed by atoms with Crippen LogP contribution in [-0.2, 0) is 0 Å². The highest BCUT2D eigenvalue weighted by Crippen LogP contribution is 2.33. The molecule has 24 heavy (non-hydrogen) atoms. The first-order chi connectivity index (χ1) is 11.7. The predicted molar refractivity (Wildman–Crippen MR) is 98.5 cm³/mol. The van der Waals surface area contributed by atoms with Crippen molar-refractivity contribution in [2.75, 3.05) is 7.11 Å². The van der Waals surface area contributed by atoms with Crippen LogP contribution in [0.1, 0.15) is 0 Å². The van der Waals surface area contributed by atoms with Gasteiger partial charge in [-0.2, -0.15) is 0 Å². The van der Waals surface area contributed by atoms with Gasteiger partial charge in [0.25, 0.3) is 0 Å². The average Bonchev–Trinajstić information content (AvgIpc) is 3.05. The minimum absolute atomic E-state index is 0.717. The second-order valence-electron chi connectivity index (χ2n) is 5.59. The van der Waals surface area contributed by atoms with Crippen LogP contribution in [-0.4, -0.2) is 17.1 Å². The van der Waals surface area contributed by atoms with Gasteiger partial charge in [0, 0.05) is 51.2 Å². The number of aromatic nitrogens is 2. The molecule has 0 bridgehead atoms. The van der Waals surface area contributed by atoms with E-state index in [9.17, 15) is 0 Å². The lowest BCUT2D eigenvalue weighted by molar-refractivity contribution is 0.415. The monoisotopic (exact) mass is 334 g/mol. The Hall–Kier alpha value is -2.78. The molecule has 3 nitrogen and oxygen atoms in total. The molecule has 118 valence electrons. The van der Waals surface area contributed by atoms with Crippen LogP contribution in [0.25, 0.3) is 33.2 Å². The van der Waals surface area contributed by atoms with Gasteiger partial charge in [0.15, 0.2) is 0 Å². The Balaban J connectivity index is 1.84. The molecule has 0 spiro atoms. The largest absolute Gasteiger partial charge is 0.497 e. The number of nitrogens with one attached hydrogen (secondary N) is 1. The maximum Gasteiger partial charge on any atom is 0.119 e. The molecule has 0 saturated carbocycles. The van der Waals surface area contributed by atoms with E-state index in [4.69, 9.17) is 16.3 Å². The third-order valence-corrected chi connectivity index (χ3v) is 4.33. The number of hydrogen-bond donors (Lipinski definition) is 1. The summed E-state index contributed by atoms with van der Waals surface area (Å²) in [7, 11) is 1.68. The van der Waals surface area contributed by atoms with Crippen molar-refractivity contribution >= 4 is 22.5 Å². The van der Waals surface area contributed by atoms with E-state index in [-0.39, 0.29) is 0 Å². The summed E-state index contributed by atoms with van der Waals surface area (Å²) in [6.45, 7) is 0. The highest BCUT2D eigenvalue weighted by Gasteiger charge is 2.09. The molecule has 0 amide bonds. The number of nitrogens with zero attached hydrogens (tertiary/aromatic N) is 1. The van der Waals surface area contributed by atoms with Crippen molar-refractivity contribution in [2.45, 2.75) is 0 Å². The van der Waals surface area contributed by atoms with Crippen LogP contribution >= 0.6 is 11.6 Å². The average molecular weight is 335 g/mol. The number of rotatable bonds is 3. The maximum atomic E-state index is 6.11. The van der Waals surface area contributed by atoms with Crippen LogP contribution in [0, 0.1) is 0 Å². The standard InChI is InChI=1S/C20H15ClN2O/c1-24-17-5-6-20-18(9-17)19(12-23-20)15-7-14(10-22-11-15)13-3-2-4-16(21)8-13/h2-12,23H,1H3. The molecule has 2 heterocycles. The zero-order valence-corrected chi connectivity index (χ0v) is 13.8. The second kappa shape index (κ2) is 6.02. The number of benzene rings is 2. The van der Waals surface area contributed by atoms with Crippen LogP contribution in [0.5, 0.6) is 5.75 Å². The Morgan fingerprint density at radius 2 is 1.83 bits per heavy atom. The number of pyridine rings is 1. The summed E-state index contributed by atoms with van der Waals surface area (Å²) in [6, 6.07) is 15.9. The van der Waals surface area contributed by atoms with Crippen molar-refractivity contribution in [1.82, 2.24) is 9.97 Å². The molecule has 4 rings (SSSR count). The summed E-state index contributed by atoms with van der Waals surface area (Å²) < 4.78 is 5.34. The first-order valence-electron chi connectivity index (χ1n) is 7.61. The van der Waals surface area contributed by atoms with E-state index in [1.165, 1.54) is 0 Å². The molecule has 1 N–H and O–H groups in total. The van der Waals surface area contributed by atoms with E-state index in [1.807, 2.05) is 61.1 Å². The molecule has 0 atom stereocenters. The van der Waals surface area contributed by atoms with Crippen molar-refractivity contribution in [3.63, 3.8) is 0 Å². The summed E-state index contributed by atoms with van der Waals surface area (Å²) in [5.41, 5.74) is 5.30. The number of hydrogen-bond acceptors (Lipinski definition) is 2. The molecule has 0 aliphatic rings.